The molecule has 1 atom stereocenters. The van der Waals surface area contributed by atoms with Gasteiger partial charge in [-0.15, -0.1) is 0 Å². The number of nitrogens with zero attached hydrogens (tertiary/aromatic N) is 4. The van der Waals surface area contributed by atoms with Crippen LogP contribution in [0.25, 0.3) is 0 Å². The number of carbonyl (C=O) groups excluding carboxylic acids is 3. The van der Waals surface area contributed by atoms with Crippen LogP contribution in [0, 0.1) is 0 Å². The molecule has 1 saturated heterocycles. The molecule has 1 saturated carbocycles. The van der Waals surface area contributed by atoms with Crippen molar-refractivity contribution in [1.82, 2.24) is 29.9 Å². The average molecular weight is 860 g/mol. The first-order chi connectivity index (χ1) is 28.0. The number of benzene rings is 3. The fourth-order valence-electron chi connectivity index (χ4n) is 6.00. The van der Waals surface area contributed by atoms with Crippen LogP contribution in [0.5, 0.6) is 6.01 Å². The van der Waals surface area contributed by atoms with Gasteiger partial charge in [0.25, 0.3) is 5.91 Å². The van der Waals surface area contributed by atoms with E-state index in [9.17, 15) is 45.9 Å². The van der Waals surface area contributed by atoms with Gasteiger partial charge in [0.2, 0.25) is 21.9 Å². The molecule has 2 heterocycles. The summed E-state index contributed by atoms with van der Waals surface area (Å²) < 4.78 is 71.1. The highest BCUT2D eigenvalue weighted by Crippen LogP contribution is 2.48. The summed E-state index contributed by atoms with van der Waals surface area (Å²) in [6, 6.07) is 15.5. The second kappa shape index (κ2) is 17.8. The van der Waals surface area contributed by atoms with Gasteiger partial charge in [0.15, 0.2) is 6.61 Å². The van der Waals surface area contributed by atoms with Crippen LogP contribution >= 0.6 is 11.6 Å². The molecule has 2 fully saturated rings. The number of aromatic nitrogens is 3. The Morgan fingerprint density at radius 2 is 1.56 bits per heavy atom. The summed E-state index contributed by atoms with van der Waals surface area (Å²) in [7, 11) is -3.82. The number of hydrogen-bond donors (Lipinski definition) is 6. The zero-order chi connectivity index (χ0) is 42.4. The Hall–Kier alpha value is -6.06. The number of hydrogen-bond acceptors (Lipinski definition) is 12. The van der Waals surface area contributed by atoms with Crippen LogP contribution in [-0.2, 0) is 29.9 Å². The number of piperidine rings is 1. The molecule has 6 N–H and O–H groups in total. The Morgan fingerprint density at radius 3 is 2.20 bits per heavy atom. The van der Waals surface area contributed by atoms with E-state index in [1.807, 2.05) is 12.1 Å². The third-order valence-corrected chi connectivity index (χ3v) is 11.3. The van der Waals surface area contributed by atoms with Gasteiger partial charge in [-0.2, -0.15) is 32.4 Å². The third kappa shape index (κ3) is 11.3. The minimum atomic E-state index is -4.67. The number of halogens is 4. The van der Waals surface area contributed by atoms with Crippen LogP contribution in [-0.4, -0.2) is 94.9 Å². The van der Waals surface area contributed by atoms with Crippen LogP contribution in [0.3, 0.4) is 0 Å². The van der Waals surface area contributed by atoms with E-state index in [0.29, 0.717) is 31.0 Å². The first kappa shape index (κ1) is 42.5. The first-order valence-corrected chi connectivity index (χ1v) is 19.9. The van der Waals surface area contributed by atoms with Crippen LogP contribution < -0.4 is 31.3 Å². The minimum Gasteiger partial charge on any atom is -0.480 e. The Bertz CT molecular complexity index is 2310. The van der Waals surface area contributed by atoms with E-state index in [2.05, 4.69) is 41.5 Å². The SMILES string of the molecule is O=C(NC[C@H](NC(=O)c1ccc(Nc2nc(NC3(c4ccc(Cl)cc4)CC3)nc(OCC(F)(F)F)n2)cc1)C(=O)O)C(=O)Nc1cccc(S(=O)(=O)N2CCCCC2)c1. The van der Waals surface area contributed by atoms with Crippen molar-refractivity contribution in [3.05, 3.63) is 88.9 Å². The maximum absolute atomic E-state index is 13.0. The van der Waals surface area contributed by atoms with Gasteiger partial charge in [-0.25, -0.2) is 13.2 Å². The summed E-state index contributed by atoms with van der Waals surface area (Å²) in [5.41, 5.74) is 0.558. The molecule has 0 radical (unpaired) electrons. The summed E-state index contributed by atoms with van der Waals surface area (Å²) in [4.78, 5) is 62.3. The van der Waals surface area contributed by atoms with Gasteiger partial charge in [0, 0.05) is 41.6 Å². The zero-order valence-electron chi connectivity index (χ0n) is 30.9. The molecule has 0 unspecified atom stereocenters. The summed E-state index contributed by atoms with van der Waals surface area (Å²) in [5.74, 6) is -5.10. The first-order valence-electron chi connectivity index (χ1n) is 18.1. The lowest BCUT2D eigenvalue weighted by Gasteiger charge is -2.26. The normalized spacial score (nSPS) is 15.6. The topological polar surface area (TPSA) is 234 Å². The van der Waals surface area contributed by atoms with Crippen molar-refractivity contribution in [1.29, 1.82) is 0 Å². The molecule has 3 aromatic carbocycles. The number of amides is 3. The van der Waals surface area contributed by atoms with E-state index in [1.165, 1.54) is 52.8 Å². The lowest BCUT2D eigenvalue weighted by Crippen LogP contribution is -2.50. The monoisotopic (exact) mass is 859 g/mol. The van der Waals surface area contributed by atoms with E-state index < -0.39 is 70.6 Å². The number of ether oxygens (including phenoxy) is 1. The predicted molar refractivity (Wildman–Crippen MR) is 207 cm³/mol. The second-order valence-corrected chi connectivity index (χ2v) is 16.0. The summed E-state index contributed by atoms with van der Waals surface area (Å²) in [6.07, 6.45) is -0.927. The van der Waals surface area contributed by atoms with Gasteiger partial charge >= 0.3 is 30.0 Å². The van der Waals surface area contributed by atoms with E-state index in [-0.39, 0.29) is 33.7 Å². The van der Waals surface area contributed by atoms with E-state index >= 15 is 0 Å². The molecule has 6 rings (SSSR count). The zero-order valence-corrected chi connectivity index (χ0v) is 32.5. The molecule has 22 heteroatoms. The van der Waals surface area contributed by atoms with Gasteiger partial charge in [-0.3, -0.25) is 14.4 Å². The molecule has 59 heavy (non-hydrogen) atoms. The van der Waals surface area contributed by atoms with Crippen molar-refractivity contribution in [3.63, 3.8) is 0 Å². The Balaban J connectivity index is 1.05. The van der Waals surface area contributed by atoms with Gasteiger partial charge < -0.3 is 36.4 Å². The molecule has 17 nitrogen and oxygen atoms in total. The van der Waals surface area contributed by atoms with Crippen molar-refractivity contribution >= 4 is 68.6 Å². The van der Waals surface area contributed by atoms with Crippen molar-refractivity contribution in [3.8, 4) is 6.01 Å². The molecule has 1 aliphatic heterocycles. The maximum Gasteiger partial charge on any atom is 0.422 e. The Labute approximate surface area is 340 Å². The van der Waals surface area contributed by atoms with E-state index in [0.717, 1.165) is 24.8 Å². The quantitative estimate of drug-likeness (QED) is 0.0910. The molecular weight excluding hydrogens is 823 g/mol. The lowest BCUT2D eigenvalue weighted by atomic mass is 10.1. The summed E-state index contributed by atoms with van der Waals surface area (Å²) in [6.45, 7) is -1.60. The number of carboxylic acids is 1. The van der Waals surface area contributed by atoms with Crippen LogP contribution in [0.15, 0.2) is 77.7 Å². The van der Waals surface area contributed by atoms with Gasteiger partial charge in [0.05, 0.1) is 10.4 Å². The van der Waals surface area contributed by atoms with Crippen LogP contribution in [0.4, 0.5) is 36.4 Å². The molecule has 2 aliphatic rings. The van der Waals surface area contributed by atoms with Crippen molar-refractivity contribution in [2.24, 2.45) is 0 Å². The largest absolute Gasteiger partial charge is 0.480 e. The molecular formula is C37H37ClF3N9O8S. The molecule has 0 spiro atoms. The smallest absolute Gasteiger partial charge is 0.422 e. The molecule has 312 valence electrons. The molecule has 1 aliphatic carbocycles. The van der Waals surface area contributed by atoms with E-state index in [4.69, 9.17) is 16.3 Å². The highest BCUT2D eigenvalue weighted by atomic mass is 35.5. The summed E-state index contributed by atoms with van der Waals surface area (Å²) in [5, 5.41) is 22.9. The fourth-order valence-corrected chi connectivity index (χ4v) is 7.69. The minimum absolute atomic E-state index is 0.0175. The molecule has 3 amide bonds. The number of carboxylic acid groups (broad SMARTS) is 1. The van der Waals surface area contributed by atoms with Gasteiger partial charge in [-0.05, 0) is 85.8 Å². The number of sulfonamides is 1. The molecule has 0 bridgehead atoms. The average Bonchev–Trinajstić information content (AvgIpc) is 3.99. The second-order valence-electron chi connectivity index (χ2n) is 13.6. The van der Waals surface area contributed by atoms with Crippen molar-refractivity contribution in [2.75, 3.05) is 42.2 Å². The highest BCUT2D eigenvalue weighted by Gasteiger charge is 2.45. The highest BCUT2D eigenvalue weighted by molar-refractivity contribution is 7.89. The Morgan fingerprint density at radius 1 is 0.881 bits per heavy atom. The third-order valence-electron chi connectivity index (χ3n) is 9.20. The number of carbonyl (C=O) groups is 4. The van der Waals surface area contributed by atoms with Crippen molar-refractivity contribution < 1.29 is 50.6 Å². The molecule has 1 aromatic heterocycles. The van der Waals surface area contributed by atoms with Gasteiger partial charge in [-0.1, -0.05) is 36.2 Å². The standard InChI is InChI=1S/C37H37ClF3N9O8S/c38-24-11-9-23(10-12-24)36(15-16-36)49-34-46-33(47-35(48-34)58-21-37(39,40)41)44-25-13-7-22(8-14-25)29(51)45-28(32(54)55)20-42-30(52)31(53)43-26-5-4-6-27(19-26)59(56,57)50-17-2-1-3-18-50/h4-14,19,28H,1-3,15-18,20-21H2,(H,42,52)(H,43,53)(H,45,51)(H,54,55)(H2,44,46,47,48,49)/t28-/m0/s1. The summed E-state index contributed by atoms with van der Waals surface area (Å²) >= 11 is 6.02. The van der Waals surface area contributed by atoms with Gasteiger partial charge in [0.1, 0.15) is 6.04 Å². The Kier molecular flexibility index (Phi) is 12.9. The maximum atomic E-state index is 13.0. The van der Waals surface area contributed by atoms with Crippen LogP contribution in [0.1, 0.15) is 48.0 Å². The predicted octanol–water partition coefficient (Wildman–Crippen LogP) is 4.42. The number of anilines is 4. The van der Waals surface area contributed by atoms with Crippen molar-refractivity contribution in [2.45, 2.75) is 54.8 Å². The lowest BCUT2D eigenvalue weighted by molar-refractivity contribution is -0.154. The number of alkyl halides is 3. The van der Waals surface area contributed by atoms with Crippen LogP contribution in [0.2, 0.25) is 5.02 Å². The number of nitrogens with one attached hydrogen (secondary N) is 5. The number of aliphatic carboxylic acids is 1. The number of rotatable bonds is 15. The molecule has 4 aromatic rings. The fraction of sp³-hybridized carbons (Fsp3) is 0.324. The van der Waals surface area contributed by atoms with E-state index in [1.54, 1.807) is 12.1 Å².